The Kier molecular flexibility index (Phi) is 6.54. The van der Waals surface area contributed by atoms with E-state index in [1.54, 1.807) is 36.4 Å². The zero-order valence-electron chi connectivity index (χ0n) is 16.4. The average Bonchev–Trinajstić information content (AvgIpc) is 3.01. The second kappa shape index (κ2) is 9.09. The van der Waals surface area contributed by atoms with E-state index in [1.807, 2.05) is 32.0 Å². The van der Waals surface area contributed by atoms with Crippen molar-refractivity contribution >= 4 is 35.0 Å². The summed E-state index contributed by atoms with van der Waals surface area (Å²) in [6, 6.07) is 14.4. The maximum absolute atomic E-state index is 13.1. The molecule has 152 valence electrons. The third-order valence-electron chi connectivity index (χ3n) is 5.00. The quantitative estimate of drug-likeness (QED) is 0.648. The number of benzene rings is 2. The van der Waals surface area contributed by atoms with Gasteiger partial charge in [-0.05, 0) is 49.7 Å². The zero-order chi connectivity index (χ0) is 21.0. The van der Waals surface area contributed by atoms with E-state index in [0.29, 0.717) is 22.9 Å². The monoisotopic (exact) mass is 414 g/mol. The van der Waals surface area contributed by atoms with Gasteiger partial charge < -0.3 is 9.64 Å². The highest BCUT2D eigenvalue weighted by atomic mass is 35.5. The minimum Gasteiger partial charge on any atom is -0.484 e. The average molecular weight is 415 g/mol. The summed E-state index contributed by atoms with van der Waals surface area (Å²) in [6.07, 6.45) is 0.596. The van der Waals surface area contributed by atoms with Crippen LogP contribution in [0.15, 0.2) is 54.6 Å². The van der Waals surface area contributed by atoms with Crippen LogP contribution < -0.4 is 9.64 Å². The topological polar surface area (TPSA) is 66.9 Å². The number of anilines is 1. The van der Waals surface area contributed by atoms with Gasteiger partial charge in [-0.2, -0.15) is 0 Å². The van der Waals surface area contributed by atoms with Crippen molar-refractivity contribution in [3.63, 3.8) is 0 Å². The van der Waals surface area contributed by atoms with E-state index >= 15 is 0 Å². The van der Waals surface area contributed by atoms with Gasteiger partial charge in [0, 0.05) is 11.1 Å². The Hall–Kier alpha value is -2.86. The summed E-state index contributed by atoms with van der Waals surface area (Å²) in [6.45, 7) is 3.59. The van der Waals surface area contributed by atoms with Gasteiger partial charge in [0.1, 0.15) is 11.8 Å². The number of carbonyl (C=O) groups is 3. The fourth-order valence-electron chi connectivity index (χ4n) is 3.35. The first kappa shape index (κ1) is 20.9. The van der Waals surface area contributed by atoms with Crippen LogP contribution in [-0.4, -0.2) is 41.3 Å². The Morgan fingerprint density at radius 3 is 2.45 bits per heavy atom. The van der Waals surface area contributed by atoms with E-state index in [-0.39, 0.29) is 30.9 Å². The van der Waals surface area contributed by atoms with Crippen molar-refractivity contribution in [2.75, 3.05) is 11.5 Å². The molecule has 6 nitrogen and oxygen atoms in total. The summed E-state index contributed by atoms with van der Waals surface area (Å²) in [5.74, 6) is -0.507. The van der Waals surface area contributed by atoms with Gasteiger partial charge >= 0.3 is 0 Å². The molecule has 0 spiro atoms. The molecule has 29 heavy (non-hydrogen) atoms. The number of amides is 3. The summed E-state index contributed by atoms with van der Waals surface area (Å²) in [5.41, 5.74) is 0.448. The van der Waals surface area contributed by atoms with Crippen molar-refractivity contribution in [1.29, 1.82) is 0 Å². The molecule has 1 fully saturated rings. The van der Waals surface area contributed by atoms with Crippen LogP contribution in [0.25, 0.3) is 0 Å². The van der Waals surface area contributed by atoms with Gasteiger partial charge in [-0.3, -0.25) is 14.4 Å². The summed E-state index contributed by atoms with van der Waals surface area (Å²) in [4.78, 5) is 41.2. The number of para-hydroxylation sites is 1. The predicted molar refractivity (Wildman–Crippen MR) is 111 cm³/mol. The van der Waals surface area contributed by atoms with Crippen molar-refractivity contribution in [1.82, 2.24) is 4.90 Å². The summed E-state index contributed by atoms with van der Waals surface area (Å²) >= 11 is 5.90. The van der Waals surface area contributed by atoms with Gasteiger partial charge in [0.15, 0.2) is 6.61 Å². The molecule has 7 heteroatoms. The lowest BCUT2D eigenvalue weighted by atomic mass is 10.1. The highest BCUT2D eigenvalue weighted by molar-refractivity contribution is 6.30. The van der Waals surface area contributed by atoms with E-state index in [4.69, 9.17) is 16.3 Å². The van der Waals surface area contributed by atoms with Crippen molar-refractivity contribution in [2.45, 2.75) is 38.8 Å². The number of carbonyl (C=O) groups excluding carboxylic acids is 3. The Balaban J connectivity index is 1.79. The molecular weight excluding hydrogens is 392 g/mol. The molecule has 1 aliphatic heterocycles. The smallest absolute Gasteiger partial charge is 0.261 e. The number of imide groups is 1. The third-order valence-corrected chi connectivity index (χ3v) is 5.25. The Bertz CT molecular complexity index is 885. The lowest BCUT2D eigenvalue weighted by Crippen LogP contribution is -2.51. The van der Waals surface area contributed by atoms with Gasteiger partial charge in [0.2, 0.25) is 5.91 Å². The standard InChI is InChI=1S/C22H23ClN2O4/c1-3-15(2)24(21(27)14-29-18-7-5-4-6-8-18)19-13-20(26)25(22(19)28)17-11-9-16(23)10-12-17/h4-12,15,19H,3,13-14H2,1-2H3. The van der Waals surface area contributed by atoms with Gasteiger partial charge in [-0.15, -0.1) is 0 Å². The number of halogens is 1. The van der Waals surface area contributed by atoms with Gasteiger partial charge in [-0.1, -0.05) is 36.7 Å². The molecule has 0 N–H and O–H groups in total. The molecule has 0 radical (unpaired) electrons. The minimum absolute atomic E-state index is 0.0527. The minimum atomic E-state index is -0.847. The van der Waals surface area contributed by atoms with Crippen molar-refractivity contribution in [2.24, 2.45) is 0 Å². The highest BCUT2D eigenvalue weighted by Gasteiger charge is 2.45. The first-order valence-electron chi connectivity index (χ1n) is 9.53. The van der Waals surface area contributed by atoms with Crippen LogP contribution in [0.1, 0.15) is 26.7 Å². The van der Waals surface area contributed by atoms with Crippen LogP contribution in [0.2, 0.25) is 5.02 Å². The molecular formula is C22H23ClN2O4. The van der Waals surface area contributed by atoms with E-state index in [0.717, 1.165) is 4.90 Å². The first-order chi connectivity index (χ1) is 13.9. The molecule has 1 heterocycles. The van der Waals surface area contributed by atoms with E-state index < -0.39 is 11.9 Å². The van der Waals surface area contributed by atoms with Crippen molar-refractivity contribution in [3.8, 4) is 5.75 Å². The van der Waals surface area contributed by atoms with Crippen molar-refractivity contribution in [3.05, 3.63) is 59.6 Å². The largest absolute Gasteiger partial charge is 0.484 e. The van der Waals surface area contributed by atoms with Crippen LogP contribution in [0.5, 0.6) is 5.75 Å². The molecule has 3 amide bonds. The number of rotatable bonds is 7. The van der Waals surface area contributed by atoms with Crippen LogP contribution in [0.3, 0.4) is 0 Å². The molecule has 2 atom stereocenters. The van der Waals surface area contributed by atoms with Crippen molar-refractivity contribution < 1.29 is 19.1 Å². The molecule has 2 aromatic carbocycles. The lowest BCUT2D eigenvalue weighted by molar-refractivity contribution is -0.142. The number of nitrogens with zero attached hydrogens (tertiary/aromatic N) is 2. The van der Waals surface area contributed by atoms with Crippen LogP contribution >= 0.6 is 11.6 Å². The second-order valence-corrected chi connectivity index (χ2v) is 7.36. The molecule has 3 rings (SSSR count). The SMILES string of the molecule is CCC(C)N(C(=O)COc1ccccc1)C1CC(=O)N(c2ccc(Cl)cc2)C1=O. The maximum atomic E-state index is 13.1. The summed E-state index contributed by atoms with van der Waals surface area (Å²) in [7, 11) is 0. The first-order valence-corrected chi connectivity index (χ1v) is 9.91. The molecule has 0 bridgehead atoms. The van der Waals surface area contributed by atoms with E-state index in [9.17, 15) is 14.4 Å². The fourth-order valence-corrected chi connectivity index (χ4v) is 3.48. The third kappa shape index (κ3) is 4.59. The molecule has 1 aliphatic rings. The molecule has 1 saturated heterocycles. The van der Waals surface area contributed by atoms with Crippen LogP contribution in [0.4, 0.5) is 5.69 Å². The van der Waals surface area contributed by atoms with Gasteiger partial charge in [-0.25, -0.2) is 4.90 Å². The van der Waals surface area contributed by atoms with Gasteiger partial charge in [0.25, 0.3) is 11.8 Å². The molecule has 2 aromatic rings. The van der Waals surface area contributed by atoms with E-state index in [1.165, 1.54) is 4.90 Å². The van der Waals surface area contributed by atoms with E-state index in [2.05, 4.69) is 0 Å². The lowest BCUT2D eigenvalue weighted by Gasteiger charge is -2.32. The molecule has 0 aromatic heterocycles. The number of ether oxygens (including phenoxy) is 1. The second-order valence-electron chi connectivity index (χ2n) is 6.92. The Labute approximate surface area is 175 Å². The molecule has 0 saturated carbocycles. The molecule has 0 aliphatic carbocycles. The van der Waals surface area contributed by atoms with Crippen LogP contribution in [-0.2, 0) is 14.4 Å². The normalized spacial score (nSPS) is 17.3. The predicted octanol–water partition coefficient (Wildman–Crippen LogP) is 3.68. The molecule has 2 unspecified atom stereocenters. The highest BCUT2D eigenvalue weighted by Crippen LogP contribution is 2.28. The summed E-state index contributed by atoms with van der Waals surface area (Å²) < 4.78 is 5.57. The number of hydrogen-bond donors (Lipinski definition) is 0. The maximum Gasteiger partial charge on any atom is 0.261 e. The van der Waals surface area contributed by atoms with Gasteiger partial charge in [0.05, 0.1) is 12.1 Å². The Morgan fingerprint density at radius 2 is 1.83 bits per heavy atom. The summed E-state index contributed by atoms with van der Waals surface area (Å²) in [5, 5.41) is 0.513. The Morgan fingerprint density at radius 1 is 1.17 bits per heavy atom. The number of hydrogen-bond acceptors (Lipinski definition) is 4. The van der Waals surface area contributed by atoms with Crippen LogP contribution in [0, 0.1) is 0 Å². The zero-order valence-corrected chi connectivity index (χ0v) is 17.1. The fraction of sp³-hybridized carbons (Fsp3) is 0.318.